The Bertz CT molecular complexity index is 922. The third-order valence-corrected chi connectivity index (χ3v) is 4.09. The van der Waals surface area contributed by atoms with Gasteiger partial charge in [-0.05, 0) is 36.2 Å². The van der Waals surface area contributed by atoms with Crippen molar-refractivity contribution in [2.75, 3.05) is 11.9 Å². The number of benzene rings is 1. The first kappa shape index (κ1) is 19.4. The lowest BCUT2D eigenvalue weighted by Crippen LogP contribution is -2.20. The largest absolute Gasteiger partial charge is 0.392 e. The predicted molar refractivity (Wildman–Crippen MR) is 109 cm³/mol. The Morgan fingerprint density at radius 3 is 3.04 bits per heavy atom. The number of aliphatic imine (C=N–C) groups is 2. The number of pyridine rings is 1. The molecule has 1 unspecified atom stereocenters. The molecule has 2 heterocycles. The number of carbonyl (C=O) groups is 1. The van der Waals surface area contributed by atoms with Crippen molar-refractivity contribution in [1.29, 1.82) is 0 Å². The zero-order valence-electron chi connectivity index (χ0n) is 15.5. The fraction of sp³-hybridized carbons (Fsp3) is 0.200. The lowest BCUT2D eigenvalue weighted by molar-refractivity contribution is 0.102. The first-order valence-corrected chi connectivity index (χ1v) is 8.85. The maximum atomic E-state index is 12.4. The molecule has 4 N–H and O–H groups in total. The predicted octanol–water partition coefficient (Wildman–Crippen LogP) is 1.98. The van der Waals surface area contributed by atoms with Crippen LogP contribution in [0.2, 0.25) is 0 Å². The maximum absolute atomic E-state index is 12.4. The molecule has 1 aliphatic rings. The number of rotatable bonds is 7. The number of aliphatic hydroxyl groups is 1. The van der Waals surface area contributed by atoms with E-state index in [4.69, 9.17) is 0 Å². The first-order chi connectivity index (χ1) is 13.7. The van der Waals surface area contributed by atoms with E-state index in [-0.39, 0.29) is 18.6 Å². The van der Waals surface area contributed by atoms with E-state index in [0.29, 0.717) is 23.4 Å². The van der Waals surface area contributed by atoms with Crippen LogP contribution < -0.4 is 16.2 Å². The number of aromatic nitrogens is 1. The van der Waals surface area contributed by atoms with Gasteiger partial charge in [0.05, 0.1) is 30.5 Å². The topological polar surface area (TPSA) is 111 Å². The maximum Gasteiger partial charge on any atom is 0.257 e. The van der Waals surface area contributed by atoms with E-state index in [1.54, 1.807) is 24.7 Å². The summed E-state index contributed by atoms with van der Waals surface area (Å²) in [4.78, 5) is 25.1. The fourth-order valence-electron chi connectivity index (χ4n) is 2.57. The number of aliphatic hydroxyl groups excluding tert-OH is 1. The van der Waals surface area contributed by atoms with Crippen LogP contribution in [0.3, 0.4) is 0 Å². The van der Waals surface area contributed by atoms with Gasteiger partial charge in [-0.1, -0.05) is 12.1 Å². The van der Waals surface area contributed by atoms with Gasteiger partial charge in [-0.25, -0.2) is 5.43 Å². The number of carbonyl (C=O) groups excluding carboxylic acids is 1. The summed E-state index contributed by atoms with van der Waals surface area (Å²) in [6.07, 6.45) is 8.11. The Labute approximate surface area is 163 Å². The SMILES string of the molecule is CC(N=CC=NC1=CNNC1)c1cccc(NC(=O)c2cncc(CO)c2)c1. The minimum absolute atomic E-state index is 0.0866. The summed E-state index contributed by atoms with van der Waals surface area (Å²) in [6.45, 7) is 2.49. The van der Waals surface area contributed by atoms with Gasteiger partial charge < -0.3 is 15.8 Å². The molecule has 0 saturated heterocycles. The lowest BCUT2D eigenvalue weighted by Gasteiger charge is -2.10. The van der Waals surface area contributed by atoms with Gasteiger partial charge in [0.15, 0.2) is 0 Å². The third kappa shape index (κ3) is 5.32. The second kappa shape index (κ2) is 9.54. The average Bonchev–Trinajstić information content (AvgIpc) is 3.25. The molecule has 1 aromatic heterocycles. The van der Waals surface area contributed by atoms with Crippen LogP contribution in [0, 0.1) is 0 Å². The quantitative estimate of drug-likeness (QED) is 0.551. The van der Waals surface area contributed by atoms with Gasteiger partial charge in [0.25, 0.3) is 5.91 Å². The highest BCUT2D eigenvalue weighted by Crippen LogP contribution is 2.20. The fourth-order valence-corrected chi connectivity index (χ4v) is 2.57. The van der Waals surface area contributed by atoms with Crippen molar-refractivity contribution in [1.82, 2.24) is 15.8 Å². The van der Waals surface area contributed by atoms with Crippen LogP contribution >= 0.6 is 0 Å². The minimum Gasteiger partial charge on any atom is -0.392 e. The molecule has 1 amide bonds. The van der Waals surface area contributed by atoms with Gasteiger partial charge in [0, 0.05) is 36.7 Å². The molecule has 0 radical (unpaired) electrons. The molecule has 8 heteroatoms. The number of hydrogen-bond donors (Lipinski definition) is 4. The Morgan fingerprint density at radius 2 is 2.25 bits per heavy atom. The standard InChI is InChI=1S/C20H22N6O2/c1-14(22-5-6-23-19-11-24-25-12-19)16-3-2-4-18(8-16)26-20(28)17-7-15(13-27)9-21-10-17/h2-11,14,24-25,27H,12-13H2,1H3,(H,26,28). The van der Waals surface area contributed by atoms with Gasteiger partial charge >= 0.3 is 0 Å². The molecule has 0 bridgehead atoms. The Morgan fingerprint density at radius 1 is 1.36 bits per heavy atom. The molecule has 1 aromatic carbocycles. The molecule has 1 atom stereocenters. The average molecular weight is 378 g/mol. The minimum atomic E-state index is -0.282. The van der Waals surface area contributed by atoms with Crippen LogP contribution in [0.1, 0.15) is 34.5 Å². The number of hydrogen-bond acceptors (Lipinski definition) is 7. The van der Waals surface area contributed by atoms with Crippen LogP contribution in [0.4, 0.5) is 5.69 Å². The van der Waals surface area contributed by atoms with E-state index < -0.39 is 0 Å². The van der Waals surface area contributed by atoms with E-state index in [2.05, 4.69) is 31.1 Å². The summed E-state index contributed by atoms with van der Waals surface area (Å²) in [5, 5.41) is 12.0. The van der Waals surface area contributed by atoms with Gasteiger partial charge in [0.2, 0.25) is 0 Å². The van der Waals surface area contributed by atoms with Crippen molar-refractivity contribution >= 4 is 24.0 Å². The Balaban J connectivity index is 1.63. The second-order valence-electron chi connectivity index (χ2n) is 6.21. The van der Waals surface area contributed by atoms with Gasteiger partial charge in [-0.3, -0.25) is 19.8 Å². The van der Waals surface area contributed by atoms with Crippen molar-refractivity contribution in [3.8, 4) is 0 Å². The molecule has 0 fully saturated rings. The number of hydrazine groups is 1. The zero-order valence-corrected chi connectivity index (χ0v) is 15.5. The zero-order chi connectivity index (χ0) is 19.8. The van der Waals surface area contributed by atoms with Crippen molar-refractivity contribution in [2.24, 2.45) is 9.98 Å². The molecule has 0 saturated carbocycles. The monoisotopic (exact) mass is 378 g/mol. The van der Waals surface area contributed by atoms with Gasteiger partial charge in [-0.2, -0.15) is 0 Å². The number of amides is 1. The normalized spacial score (nSPS) is 14.9. The molecular formula is C20H22N6O2. The summed E-state index contributed by atoms with van der Waals surface area (Å²) >= 11 is 0. The number of nitrogens with zero attached hydrogens (tertiary/aromatic N) is 3. The Hall–Kier alpha value is -3.36. The molecule has 8 nitrogen and oxygen atoms in total. The van der Waals surface area contributed by atoms with Crippen molar-refractivity contribution in [2.45, 2.75) is 19.6 Å². The van der Waals surface area contributed by atoms with Crippen LogP contribution in [0.15, 0.2) is 64.6 Å². The van der Waals surface area contributed by atoms with E-state index in [9.17, 15) is 9.90 Å². The summed E-state index contributed by atoms with van der Waals surface area (Å²) < 4.78 is 0. The van der Waals surface area contributed by atoms with Gasteiger partial charge in [0.1, 0.15) is 0 Å². The summed E-state index contributed by atoms with van der Waals surface area (Å²) in [6, 6.07) is 9.05. The second-order valence-corrected chi connectivity index (χ2v) is 6.21. The van der Waals surface area contributed by atoms with Crippen molar-refractivity contribution < 1.29 is 9.90 Å². The van der Waals surface area contributed by atoms with E-state index in [1.165, 1.54) is 12.4 Å². The molecule has 0 spiro atoms. The van der Waals surface area contributed by atoms with E-state index in [1.807, 2.05) is 31.2 Å². The smallest absolute Gasteiger partial charge is 0.257 e. The first-order valence-electron chi connectivity index (χ1n) is 8.85. The summed E-state index contributed by atoms with van der Waals surface area (Å²) in [5.74, 6) is -0.282. The lowest BCUT2D eigenvalue weighted by atomic mass is 10.1. The molecule has 144 valence electrons. The molecule has 2 aromatic rings. The van der Waals surface area contributed by atoms with E-state index in [0.717, 1.165) is 11.3 Å². The number of anilines is 1. The molecular weight excluding hydrogens is 356 g/mol. The van der Waals surface area contributed by atoms with Crippen molar-refractivity contribution in [3.63, 3.8) is 0 Å². The molecule has 1 aliphatic heterocycles. The highest BCUT2D eigenvalue weighted by molar-refractivity contribution is 6.16. The van der Waals surface area contributed by atoms with Crippen LogP contribution in [-0.2, 0) is 6.61 Å². The summed E-state index contributed by atoms with van der Waals surface area (Å²) in [7, 11) is 0. The highest BCUT2D eigenvalue weighted by atomic mass is 16.3. The third-order valence-electron chi connectivity index (χ3n) is 4.09. The highest BCUT2D eigenvalue weighted by Gasteiger charge is 2.09. The van der Waals surface area contributed by atoms with Crippen molar-refractivity contribution in [3.05, 3.63) is 71.3 Å². The molecule has 0 aliphatic carbocycles. The molecule has 3 rings (SSSR count). The molecule has 28 heavy (non-hydrogen) atoms. The van der Waals surface area contributed by atoms with Gasteiger partial charge in [-0.15, -0.1) is 0 Å². The number of nitrogens with one attached hydrogen (secondary N) is 3. The van der Waals surface area contributed by atoms with Crippen LogP contribution in [0.25, 0.3) is 0 Å². The Kier molecular flexibility index (Phi) is 6.61. The van der Waals surface area contributed by atoms with Crippen LogP contribution in [-0.4, -0.2) is 35.0 Å². The van der Waals surface area contributed by atoms with E-state index >= 15 is 0 Å². The van der Waals surface area contributed by atoms with Crippen LogP contribution in [0.5, 0.6) is 0 Å². The summed E-state index contributed by atoms with van der Waals surface area (Å²) in [5.41, 5.74) is 9.32.